The summed E-state index contributed by atoms with van der Waals surface area (Å²) in [5.41, 5.74) is -0.269. The number of carbonyl (C=O) groups excluding carboxylic acids is 1. The van der Waals surface area contributed by atoms with Crippen LogP contribution in [0.25, 0.3) is 0 Å². The van der Waals surface area contributed by atoms with E-state index in [1.165, 1.54) is 19.2 Å². The van der Waals surface area contributed by atoms with Crippen molar-refractivity contribution in [2.45, 2.75) is 0 Å². The lowest BCUT2D eigenvalue weighted by molar-refractivity contribution is -0.384. The van der Waals surface area contributed by atoms with Crippen molar-refractivity contribution in [2.75, 3.05) is 12.4 Å². The summed E-state index contributed by atoms with van der Waals surface area (Å²) in [5, 5.41) is 10.6. The number of nitro groups is 1. The Morgan fingerprint density at radius 3 is 2.69 bits per heavy atom. The molecule has 86 valence electrons. The second kappa shape index (κ2) is 5.27. The number of benzene rings is 1. The number of nitrogens with zero attached hydrogens (tertiary/aromatic N) is 1. The summed E-state index contributed by atoms with van der Waals surface area (Å²) >= 11 is 8.74. The molecule has 0 aromatic heterocycles. The van der Waals surface area contributed by atoms with Crippen molar-refractivity contribution in [1.29, 1.82) is 0 Å². The van der Waals surface area contributed by atoms with Crippen LogP contribution < -0.4 is 4.74 Å². The molecule has 1 aromatic rings. The molecule has 0 spiro atoms. The van der Waals surface area contributed by atoms with E-state index >= 15 is 0 Å². The SMILES string of the molecule is COc1cc(C(=O)CBr)c(Cl)c([N+](=O)[O-])c1. The summed E-state index contributed by atoms with van der Waals surface area (Å²) < 4.78 is 4.86. The van der Waals surface area contributed by atoms with Crippen molar-refractivity contribution >= 4 is 39.0 Å². The van der Waals surface area contributed by atoms with Crippen molar-refractivity contribution in [1.82, 2.24) is 0 Å². The maximum atomic E-state index is 11.5. The molecule has 0 heterocycles. The highest BCUT2D eigenvalue weighted by Gasteiger charge is 2.21. The van der Waals surface area contributed by atoms with Crippen molar-refractivity contribution in [2.24, 2.45) is 0 Å². The van der Waals surface area contributed by atoms with Crippen LogP contribution in [0.1, 0.15) is 10.4 Å². The third kappa shape index (κ3) is 2.51. The Hall–Kier alpha value is -1.14. The molecule has 0 fully saturated rings. The first-order valence-electron chi connectivity index (χ1n) is 4.12. The number of rotatable bonds is 4. The molecule has 16 heavy (non-hydrogen) atoms. The number of hydrogen-bond donors (Lipinski definition) is 0. The normalized spacial score (nSPS) is 9.94. The molecule has 0 unspecified atom stereocenters. The molecule has 1 rings (SSSR count). The molecule has 0 saturated heterocycles. The molecular weight excluding hydrogens is 301 g/mol. The number of ketones is 1. The molecule has 0 radical (unpaired) electrons. The maximum absolute atomic E-state index is 11.5. The third-order valence-corrected chi connectivity index (χ3v) is 2.79. The zero-order chi connectivity index (χ0) is 12.3. The quantitative estimate of drug-likeness (QED) is 0.371. The molecule has 0 amide bonds. The maximum Gasteiger partial charge on any atom is 0.292 e. The van der Waals surface area contributed by atoms with E-state index < -0.39 is 4.92 Å². The smallest absolute Gasteiger partial charge is 0.292 e. The fourth-order valence-electron chi connectivity index (χ4n) is 1.11. The summed E-state index contributed by atoms with van der Waals surface area (Å²) in [6, 6.07) is 2.55. The van der Waals surface area contributed by atoms with Gasteiger partial charge in [-0.3, -0.25) is 14.9 Å². The predicted molar refractivity (Wildman–Crippen MR) is 62.8 cm³/mol. The zero-order valence-electron chi connectivity index (χ0n) is 8.20. The van der Waals surface area contributed by atoms with E-state index in [4.69, 9.17) is 16.3 Å². The van der Waals surface area contributed by atoms with Crippen LogP contribution >= 0.6 is 27.5 Å². The van der Waals surface area contributed by atoms with Gasteiger partial charge in [0.2, 0.25) is 0 Å². The van der Waals surface area contributed by atoms with E-state index in [1.54, 1.807) is 0 Å². The van der Waals surface area contributed by atoms with Gasteiger partial charge in [0, 0.05) is 5.56 Å². The van der Waals surface area contributed by atoms with Crippen molar-refractivity contribution < 1.29 is 14.5 Å². The Balaban J connectivity index is 3.43. The molecule has 1 aromatic carbocycles. The number of hydrogen-bond acceptors (Lipinski definition) is 4. The van der Waals surface area contributed by atoms with Gasteiger partial charge in [-0.05, 0) is 6.07 Å². The fourth-order valence-corrected chi connectivity index (χ4v) is 1.69. The van der Waals surface area contributed by atoms with Gasteiger partial charge in [-0.1, -0.05) is 27.5 Å². The van der Waals surface area contributed by atoms with Crippen molar-refractivity contribution in [3.05, 3.63) is 32.8 Å². The van der Waals surface area contributed by atoms with Crippen molar-refractivity contribution in [3.8, 4) is 5.75 Å². The van der Waals surface area contributed by atoms with Gasteiger partial charge in [-0.25, -0.2) is 0 Å². The first kappa shape index (κ1) is 12.9. The molecule has 0 bridgehead atoms. The van der Waals surface area contributed by atoms with Gasteiger partial charge in [0.1, 0.15) is 10.8 Å². The fraction of sp³-hybridized carbons (Fsp3) is 0.222. The van der Waals surface area contributed by atoms with E-state index in [0.717, 1.165) is 0 Å². The Morgan fingerprint density at radius 1 is 1.62 bits per heavy atom. The first-order chi connectivity index (χ1) is 7.51. The monoisotopic (exact) mass is 307 g/mol. The summed E-state index contributed by atoms with van der Waals surface area (Å²) in [6.45, 7) is 0. The number of halogens is 2. The highest BCUT2D eigenvalue weighted by molar-refractivity contribution is 9.09. The summed E-state index contributed by atoms with van der Waals surface area (Å²) in [4.78, 5) is 21.5. The number of carbonyl (C=O) groups is 1. The highest BCUT2D eigenvalue weighted by Crippen LogP contribution is 2.33. The van der Waals surface area contributed by atoms with Crippen molar-refractivity contribution in [3.63, 3.8) is 0 Å². The average Bonchev–Trinajstić information content (AvgIpc) is 2.28. The molecule has 0 aliphatic carbocycles. The second-order valence-electron chi connectivity index (χ2n) is 2.82. The van der Waals surface area contributed by atoms with E-state index in [9.17, 15) is 14.9 Å². The van der Waals surface area contributed by atoms with Crippen LogP contribution in [0.15, 0.2) is 12.1 Å². The van der Waals surface area contributed by atoms with Crippen LogP contribution in [0.5, 0.6) is 5.75 Å². The number of nitro benzene ring substituents is 1. The zero-order valence-corrected chi connectivity index (χ0v) is 10.5. The first-order valence-corrected chi connectivity index (χ1v) is 5.62. The molecular formula is C9H7BrClNO4. The van der Waals surface area contributed by atoms with Gasteiger partial charge in [-0.15, -0.1) is 0 Å². The Morgan fingerprint density at radius 2 is 2.25 bits per heavy atom. The molecule has 5 nitrogen and oxygen atoms in total. The van der Waals surface area contributed by atoms with Crippen LogP contribution in [0.2, 0.25) is 5.02 Å². The minimum Gasteiger partial charge on any atom is -0.496 e. The van der Waals surface area contributed by atoms with Crippen LogP contribution in [0.3, 0.4) is 0 Å². The second-order valence-corrected chi connectivity index (χ2v) is 3.76. The minimum atomic E-state index is -0.657. The van der Waals surface area contributed by atoms with Gasteiger partial charge in [-0.2, -0.15) is 0 Å². The number of methoxy groups -OCH3 is 1. The van der Waals surface area contributed by atoms with Gasteiger partial charge in [0.15, 0.2) is 5.78 Å². The van der Waals surface area contributed by atoms with Gasteiger partial charge in [0.05, 0.1) is 23.4 Å². The molecule has 0 aliphatic heterocycles. The van der Waals surface area contributed by atoms with E-state index in [1.807, 2.05) is 0 Å². The minimum absolute atomic E-state index is 0.0387. The number of ether oxygens (including phenoxy) is 1. The predicted octanol–water partition coefficient (Wildman–Crippen LogP) is 2.83. The molecule has 0 atom stereocenters. The van der Waals surface area contributed by atoms with Gasteiger partial charge >= 0.3 is 0 Å². The molecule has 0 saturated carbocycles. The molecule has 0 N–H and O–H groups in total. The number of alkyl halides is 1. The van der Waals surface area contributed by atoms with E-state index in [2.05, 4.69) is 15.9 Å². The van der Waals surface area contributed by atoms with E-state index in [0.29, 0.717) is 0 Å². The summed E-state index contributed by atoms with van der Waals surface area (Å²) in [7, 11) is 1.36. The lowest BCUT2D eigenvalue weighted by Crippen LogP contribution is -2.04. The Kier molecular flexibility index (Phi) is 4.26. The van der Waals surface area contributed by atoms with Crippen LogP contribution in [-0.4, -0.2) is 23.1 Å². The largest absolute Gasteiger partial charge is 0.496 e. The third-order valence-electron chi connectivity index (χ3n) is 1.88. The van der Waals surface area contributed by atoms with Gasteiger partial charge < -0.3 is 4.74 Å². The summed E-state index contributed by atoms with van der Waals surface area (Å²) in [5.74, 6) is -0.118. The highest BCUT2D eigenvalue weighted by atomic mass is 79.9. The van der Waals surface area contributed by atoms with Crippen LogP contribution in [-0.2, 0) is 0 Å². The topological polar surface area (TPSA) is 69.4 Å². The summed E-state index contributed by atoms with van der Waals surface area (Å²) in [6.07, 6.45) is 0. The van der Waals surface area contributed by atoms with E-state index in [-0.39, 0.29) is 33.1 Å². The van der Waals surface area contributed by atoms with Crippen LogP contribution in [0, 0.1) is 10.1 Å². The lowest BCUT2D eigenvalue weighted by Gasteiger charge is -2.05. The number of Topliss-reactive ketones (excluding diaryl/α,β-unsaturated/α-hetero) is 1. The average molecular weight is 309 g/mol. The Labute approximate surface area is 105 Å². The van der Waals surface area contributed by atoms with Crippen LogP contribution in [0.4, 0.5) is 5.69 Å². The molecule has 0 aliphatic rings. The van der Waals surface area contributed by atoms with Gasteiger partial charge in [0.25, 0.3) is 5.69 Å². The standard InChI is InChI=1S/C9H7BrClNO4/c1-16-5-2-6(8(13)4-10)9(11)7(3-5)12(14)15/h2-3H,4H2,1H3. The molecule has 7 heteroatoms. The lowest BCUT2D eigenvalue weighted by atomic mass is 10.1. The Bertz CT molecular complexity index is 449.